The number of nitrogens with one attached hydrogen (secondary N) is 4. The summed E-state index contributed by atoms with van der Waals surface area (Å²) < 4.78 is 5.19. The third kappa shape index (κ3) is 15.7. The van der Waals surface area contributed by atoms with Crippen LogP contribution in [0.2, 0.25) is 20.1 Å². The largest absolute Gasteiger partial charge is 0.496 e. The predicted octanol–water partition coefficient (Wildman–Crippen LogP) is 23.3. The summed E-state index contributed by atoms with van der Waals surface area (Å²) in [7, 11) is 1.44. The number of ether oxygens (including phenoxy) is 1. The summed E-state index contributed by atoms with van der Waals surface area (Å²) >= 11 is 26.4. The van der Waals surface area contributed by atoms with Gasteiger partial charge in [0.2, 0.25) is 23.6 Å². The first-order valence-electron chi connectivity index (χ1n) is 43.7. The summed E-state index contributed by atoms with van der Waals surface area (Å²) in [6.45, 7) is 3.55. The number of methoxy groups -OCH3 is 1. The van der Waals surface area contributed by atoms with E-state index < -0.39 is 45.5 Å². The summed E-state index contributed by atoms with van der Waals surface area (Å²) in [4.78, 5) is 116. The molecule has 4 amide bonds. The van der Waals surface area contributed by atoms with Crippen LogP contribution in [0.3, 0.4) is 0 Å². The van der Waals surface area contributed by atoms with Gasteiger partial charge in [0.25, 0.3) is 0 Å². The number of carbonyl (C=O) groups is 8. The van der Waals surface area contributed by atoms with Crippen molar-refractivity contribution < 1.29 is 63.5 Å². The Morgan fingerprint density at radius 3 is 1.23 bits per heavy atom. The number of hydrogen-bond donors (Lipinski definition) is 8. The molecule has 21 nitrogen and oxygen atoms in total. The number of aromatic nitrogens is 4. The highest BCUT2D eigenvalue weighted by molar-refractivity contribution is 6.36. The van der Waals surface area contributed by atoms with Crippen molar-refractivity contribution in [3.8, 4) is 84.6 Å². The van der Waals surface area contributed by atoms with E-state index in [2.05, 4.69) is 53.0 Å². The number of aryl methyl sites for hydroxylation is 2. The molecule has 8 heterocycles. The lowest BCUT2D eigenvalue weighted by molar-refractivity contribution is -0.118. The van der Waals surface area contributed by atoms with E-state index in [1.165, 1.54) is 7.11 Å². The Kier molecular flexibility index (Phi) is 22.5. The van der Waals surface area contributed by atoms with E-state index in [9.17, 15) is 58.8 Å². The topological polar surface area (TPSA) is 326 Å². The van der Waals surface area contributed by atoms with E-state index in [1.54, 1.807) is 105 Å². The quantitative estimate of drug-likeness (QED) is 0.0442. The monoisotopic (exact) mass is 1870 g/mol. The van der Waals surface area contributed by atoms with Crippen molar-refractivity contribution in [1.82, 2.24) is 19.9 Å². The van der Waals surface area contributed by atoms with Crippen LogP contribution in [0.4, 0.5) is 22.7 Å². The Bertz CT molecular complexity index is 7640. The second-order valence-electron chi connectivity index (χ2n) is 35.1. The molecule has 668 valence electrons. The minimum absolute atomic E-state index is 0.0607. The zero-order valence-corrected chi connectivity index (χ0v) is 75.7. The molecule has 23 rings (SSSR count). The predicted molar refractivity (Wildman–Crippen MR) is 522 cm³/mol. The molecule has 136 heavy (non-hydrogen) atoms. The van der Waals surface area contributed by atoms with Crippen LogP contribution in [0.25, 0.3) is 67.0 Å². The number of pyridine rings is 4. The van der Waals surface area contributed by atoms with Crippen molar-refractivity contribution in [1.29, 1.82) is 0 Å². The molecule has 8 N–H and O–H groups in total. The average Bonchev–Trinajstić information content (AvgIpc) is 1.54. The molecule has 15 aromatic rings. The van der Waals surface area contributed by atoms with Gasteiger partial charge >= 0.3 is 23.9 Å². The fourth-order valence-corrected chi connectivity index (χ4v) is 21.1. The average molecular weight is 1870 g/mol. The molecule has 4 fully saturated rings. The molecule has 0 radical (unpaired) electrons. The first-order valence-corrected chi connectivity index (χ1v) is 45.2. The lowest BCUT2D eigenvalue weighted by Crippen LogP contribution is -2.21. The van der Waals surface area contributed by atoms with E-state index in [1.807, 2.05) is 206 Å². The van der Waals surface area contributed by atoms with Crippen LogP contribution in [0.15, 0.2) is 298 Å². The molecular formula is C111H78Cl4N8O13. The van der Waals surface area contributed by atoms with Gasteiger partial charge in [-0.3, -0.25) is 39.1 Å². The van der Waals surface area contributed by atoms with Gasteiger partial charge in [0, 0.05) is 123 Å². The molecule has 8 unspecified atom stereocenters. The van der Waals surface area contributed by atoms with E-state index >= 15 is 0 Å². The number of aromatic carboxylic acids is 4. The summed E-state index contributed by atoms with van der Waals surface area (Å²) in [6, 6.07) is 81.3. The van der Waals surface area contributed by atoms with Crippen LogP contribution < -0.4 is 26.0 Å². The Morgan fingerprint density at radius 1 is 0.353 bits per heavy atom. The third-order valence-corrected chi connectivity index (χ3v) is 28.8. The van der Waals surface area contributed by atoms with Gasteiger partial charge in [-0.25, -0.2) is 19.2 Å². The van der Waals surface area contributed by atoms with Crippen molar-refractivity contribution in [2.75, 3.05) is 28.4 Å². The number of anilines is 4. The van der Waals surface area contributed by atoms with Gasteiger partial charge in [0.15, 0.2) is 0 Å². The van der Waals surface area contributed by atoms with E-state index in [0.717, 1.165) is 123 Å². The van der Waals surface area contributed by atoms with E-state index in [4.69, 9.17) is 51.1 Å². The fraction of sp³-hybridized carbons (Fsp3) is 0.135. The van der Waals surface area contributed by atoms with Crippen LogP contribution in [0.1, 0.15) is 158 Å². The second kappa shape index (κ2) is 34.7. The van der Waals surface area contributed by atoms with Crippen molar-refractivity contribution in [2.45, 2.75) is 84.9 Å². The van der Waals surface area contributed by atoms with Gasteiger partial charge in [0.05, 0.1) is 76.9 Å². The second-order valence-corrected chi connectivity index (χ2v) is 36.7. The highest BCUT2D eigenvalue weighted by Gasteiger charge is 2.69. The number of rotatable bonds is 15. The Balaban J connectivity index is 0.000000112. The molecule has 8 aliphatic rings. The van der Waals surface area contributed by atoms with Gasteiger partial charge in [-0.1, -0.05) is 192 Å². The number of halogens is 4. The number of benzene rings is 11. The zero-order chi connectivity index (χ0) is 94.5. The third-order valence-electron chi connectivity index (χ3n) is 27.5. The smallest absolute Gasteiger partial charge is 0.339 e. The number of carboxylic acids is 4. The van der Waals surface area contributed by atoms with Gasteiger partial charge in [-0.2, -0.15) is 0 Å². The molecule has 4 aliphatic heterocycles. The van der Waals surface area contributed by atoms with E-state index in [0.29, 0.717) is 79.5 Å². The molecule has 0 bridgehead atoms. The molecule has 0 saturated heterocycles. The van der Waals surface area contributed by atoms with Crippen molar-refractivity contribution in [2.24, 2.45) is 0 Å². The fourth-order valence-electron chi connectivity index (χ4n) is 20.0. The van der Waals surface area contributed by atoms with E-state index in [-0.39, 0.29) is 75.3 Å². The molecule has 4 spiro atoms. The number of amides is 4. The SMILES string of the molecule is COc1ccc(C2CC23C(=O)Nc2cc(Cl)c(-c4ccc(-c5ccccc5)cn4)cc23)cc1C(=O)O.Cc1ccc(C2CC23C(=O)Nc2cc(Cl)c(-c4ccc(-c5ccccn5)cc4)cc23)cc1C(=O)O.Cc1ccc(C2CC23C(=O)Nc2cc(Cl)c(C#Cc4ccncc4)cc23)cc1C(=O)O.O=C(O)c1cccc(C2CC23C(=O)Nc2cc(Cl)c(-c4ccc(-c5ccncc5)cc4)cc23)c1. The Hall–Kier alpha value is -15.7. The van der Waals surface area contributed by atoms with Gasteiger partial charge in [-0.05, 0) is 250 Å². The zero-order valence-electron chi connectivity index (χ0n) is 72.7. The van der Waals surface area contributed by atoms with Crippen molar-refractivity contribution in [3.63, 3.8) is 0 Å². The van der Waals surface area contributed by atoms with Crippen LogP contribution in [0, 0.1) is 25.7 Å². The first kappa shape index (κ1) is 88.2. The van der Waals surface area contributed by atoms with Gasteiger partial charge in [0.1, 0.15) is 11.3 Å². The maximum Gasteiger partial charge on any atom is 0.339 e. The molecule has 8 atom stereocenters. The summed E-state index contributed by atoms with van der Waals surface area (Å²) in [5.74, 6) is 1.79. The number of hydrogen-bond acceptors (Lipinski definition) is 13. The Morgan fingerprint density at radius 2 is 0.765 bits per heavy atom. The van der Waals surface area contributed by atoms with Gasteiger partial charge in [-0.15, -0.1) is 0 Å². The van der Waals surface area contributed by atoms with Crippen molar-refractivity contribution in [3.05, 3.63) is 407 Å². The lowest BCUT2D eigenvalue weighted by Gasteiger charge is -2.13. The number of nitrogens with zero attached hydrogens (tertiary/aromatic N) is 4. The molecule has 4 aliphatic carbocycles. The van der Waals surface area contributed by atoms with Crippen LogP contribution in [-0.4, -0.2) is 95.0 Å². The lowest BCUT2D eigenvalue weighted by atomic mass is 9.89. The summed E-state index contributed by atoms with van der Waals surface area (Å²) in [6.07, 6.45) is 12.9. The summed E-state index contributed by atoms with van der Waals surface area (Å²) in [5, 5.41) is 52.0. The normalized spacial score (nSPS) is 20.1. The minimum Gasteiger partial charge on any atom is -0.496 e. The maximum absolute atomic E-state index is 13.2. The van der Waals surface area contributed by atoms with Crippen LogP contribution in [0.5, 0.6) is 5.75 Å². The number of carboxylic acid groups (broad SMARTS) is 4. The minimum atomic E-state index is -1.07. The highest BCUT2D eigenvalue weighted by atomic mass is 35.5. The number of carbonyl (C=O) groups excluding carboxylic acids is 4. The standard InChI is InChI=1S/C29H21ClN2O4.C29H21ClN2O3.C28H19ClN2O3.C25H17ClN2O3/c1-36-26-10-8-17(11-20(26)27(33)34)22-14-29(22)21-12-19(23(30)13-25(21)32-28(29)35)24-9-7-18(15-31-24)16-5-3-2-4-6-16;1-16-5-6-19(12-20(16)27(33)34)23-15-29(23)22-13-21(24(30)14-26(22)32-28(29)35)17-7-9-18(10-8-17)25-4-2-3-11-31-25;29-24-14-25-22(13-21(24)18-6-4-16(5-7-18)17-8-10-30-11-9-17)28(27(34)31-25)15-23(28)19-2-1-3-20(12-19)26(32)33;1-14-2-4-16(10-18(14)23(29)30)20-13-25(20)19-11-17(5-3-15-6-8-27-9-7-15)21(26)12-22(19)28-24(25)31/h2-13,15,22H,14H2,1H3,(H,32,35)(H,33,34);2-14,23H,15H2,1H3,(H,32,35)(H,33,34);1-14,23H,15H2,(H,31,34)(H,32,33);2,4,6-12,20H,13H2,1H3,(H,28,31)(H,29,30). The number of fused-ring (bicyclic) bond motifs is 8. The maximum atomic E-state index is 13.2. The van der Waals surface area contributed by atoms with Crippen molar-refractivity contribution >= 4 is 117 Å². The molecular weight excluding hydrogens is 1800 g/mol. The first-order chi connectivity index (χ1) is 65.7. The van der Waals surface area contributed by atoms with Crippen LogP contribution in [-0.2, 0) is 40.8 Å². The molecule has 25 heteroatoms. The highest BCUT2D eigenvalue weighted by Crippen LogP contribution is 2.70. The molecule has 4 saturated carbocycles. The molecule has 11 aromatic carbocycles. The molecule has 4 aromatic heterocycles. The Labute approximate surface area is 799 Å². The summed E-state index contributed by atoms with van der Waals surface area (Å²) in [5.41, 5.74) is 21.8. The van der Waals surface area contributed by atoms with Crippen LogP contribution >= 0.6 is 46.4 Å². The van der Waals surface area contributed by atoms with Gasteiger partial charge < -0.3 is 46.4 Å².